The van der Waals surface area contributed by atoms with E-state index in [-0.39, 0.29) is 25.9 Å². The van der Waals surface area contributed by atoms with Crippen molar-refractivity contribution in [2.75, 3.05) is 6.61 Å². The van der Waals surface area contributed by atoms with Gasteiger partial charge in [0.05, 0.1) is 19.0 Å². The highest BCUT2D eigenvalue weighted by Gasteiger charge is 2.12. The van der Waals surface area contributed by atoms with Gasteiger partial charge in [0.15, 0.2) is 11.6 Å². The lowest BCUT2D eigenvalue weighted by atomic mass is 10.0. The molecule has 0 spiro atoms. The van der Waals surface area contributed by atoms with Crippen LogP contribution in [0, 0.1) is 0 Å². The third kappa shape index (κ3) is 11.9. The Morgan fingerprint density at radius 3 is 1.94 bits per heavy atom. The summed E-state index contributed by atoms with van der Waals surface area (Å²) in [4.78, 5) is 8.79. The summed E-state index contributed by atoms with van der Waals surface area (Å²) in [6.07, 6.45) is 14.8. The highest BCUT2D eigenvalue weighted by molar-refractivity contribution is 5.55. The summed E-state index contributed by atoms with van der Waals surface area (Å²) in [6.45, 7) is 4.53. The van der Waals surface area contributed by atoms with Crippen molar-refractivity contribution < 1.29 is 13.5 Å². The first-order valence-corrected chi connectivity index (χ1v) is 13.4. The Balaban J connectivity index is 1.66. The van der Waals surface area contributed by atoms with Crippen molar-refractivity contribution in [2.45, 2.75) is 116 Å². The predicted octanol–water partition coefficient (Wildman–Crippen LogP) is 8.85. The van der Waals surface area contributed by atoms with E-state index in [1.807, 2.05) is 6.92 Å². The van der Waals surface area contributed by atoms with Crippen LogP contribution in [0.15, 0.2) is 36.7 Å². The molecule has 2 rings (SSSR count). The van der Waals surface area contributed by atoms with Gasteiger partial charge in [0.25, 0.3) is 0 Å². The van der Waals surface area contributed by atoms with Gasteiger partial charge < -0.3 is 4.74 Å². The molecule has 1 heterocycles. The van der Waals surface area contributed by atoms with E-state index in [0.717, 1.165) is 24.8 Å². The fourth-order valence-electron chi connectivity index (χ4n) is 4.03. The van der Waals surface area contributed by atoms with Gasteiger partial charge >= 0.3 is 0 Å². The van der Waals surface area contributed by atoms with Gasteiger partial charge in [-0.2, -0.15) is 0 Å². The van der Waals surface area contributed by atoms with Gasteiger partial charge in [0.2, 0.25) is 0 Å². The minimum Gasteiger partial charge on any atom is -0.490 e. The minimum absolute atomic E-state index is 0.239. The van der Waals surface area contributed by atoms with Crippen LogP contribution in [0.4, 0.5) is 8.78 Å². The van der Waals surface area contributed by atoms with E-state index >= 15 is 0 Å². The number of benzene rings is 1. The summed E-state index contributed by atoms with van der Waals surface area (Å²) in [5.74, 6) is 1.18. The van der Waals surface area contributed by atoms with E-state index in [0.29, 0.717) is 18.0 Å². The highest BCUT2D eigenvalue weighted by Crippen LogP contribution is 2.20. The molecule has 0 N–H and O–H groups in total. The van der Waals surface area contributed by atoms with E-state index in [1.54, 1.807) is 12.4 Å². The Morgan fingerprint density at radius 2 is 1.29 bits per heavy atom. The molecule has 0 saturated heterocycles. The molecule has 0 saturated carbocycles. The molecule has 3 nitrogen and oxygen atoms in total. The van der Waals surface area contributed by atoms with Gasteiger partial charge in [-0.05, 0) is 37.7 Å². The van der Waals surface area contributed by atoms with Crippen molar-refractivity contribution in [3.63, 3.8) is 0 Å². The molecular weight excluding hydrogens is 430 g/mol. The van der Waals surface area contributed by atoms with Crippen LogP contribution in [0.3, 0.4) is 0 Å². The van der Waals surface area contributed by atoms with Crippen LogP contribution >= 0.6 is 0 Å². The molecule has 190 valence electrons. The fourth-order valence-corrected chi connectivity index (χ4v) is 4.03. The van der Waals surface area contributed by atoms with Gasteiger partial charge in [-0.15, -0.1) is 0 Å². The van der Waals surface area contributed by atoms with E-state index in [2.05, 4.69) is 41.2 Å². The maximum absolute atomic E-state index is 14.0. The maximum atomic E-state index is 14.0. The van der Waals surface area contributed by atoms with Crippen molar-refractivity contribution in [1.29, 1.82) is 0 Å². The smallest absolute Gasteiger partial charge is 0.159 e. The number of aromatic nitrogens is 2. The quantitative estimate of drug-likeness (QED) is 0.191. The van der Waals surface area contributed by atoms with E-state index in [1.165, 1.54) is 50.5 Å². The Labute approximate surface area is 205 Å². The molecule has 5 heteroatoms. The molecule has 0 aliphatic carbocycles. The molecule has 0 bridgehead atoms. The normalized spacial score (nSPS) is 13.1. The van der Waals surface area contributed by atoms with Crippen molar-refractivity contribution in [1.82, 2.24) is 9.97 Å². The molecule has 2 unspecified atom stereocenters. The second-order valence-electron chi connectivity index (χ2n) is 9.36. The standard InChI is InChI=1S/C29H44F2N2O/c1-3-5-7-8-9-10-11-12-24-14-16-25(17-15-24)29-32-22-28(23-33-29)34-21-20-27(31)19-18-26(30)13-6-4-2/h14-17,22-23,26-27H,3-13,18-21H2,1-2H3. The number of rotatable bonds is 19. The number of hydrogen-bond donors (Lipinski definition) is 0. The Morgan fingerprint density at radius 1 is 0.706 bits per heavy atom. The third-order valence-electron chi connectivity index (χ3n) is 6.27. The molecule has 2 atom stereocenters. The van der Waals surface area contributed by atoms with Crippen LogP contribution < -0.4 is 4.74 Å². The molecule has 34 heavy (non-hydrogen) atoms. The summed E-state index contributed by atoms with van der Waals surface area (Å²) in [6, 6.07) is 8.45. The maximum Gasteiger partial charge on any atom is 0.159 e. The van der Waals surface area contributed by atoms with Gasteiger partial charge in [-0.25, -0.2) is 18.7 Å². The van der Waals surface area contributed by atoms with Crippen molar-refractivity contribution in [3.8, 4) is 17.1 Å². The topological polar surface area (TPSA) is 35.0 Å². The zero-order valence-electron chi connectivity index (χ0n) is 21.3. The van der Waals surface area contributed by atoms with Crippen LogP contribution in [-0.2, 0) is 6.42 Å². The van der Waals surface area contributed by atoms with Gasteiger partial charge in [0.1, 0.15) is 12.3 Å². The third-order valence-corrected chi connectivity index (χ3v) is 6.27. The molecular formula is C29H44F2N2O. The molecule has 1 aromatic carbocycles. The first-order valence-electron chi connectivity index (χ1n) is 13.4. The Hall–Kier alpha value is -2.04. The number of aryl methyl sites for hydroxylation is 1. The monoisotopic (exact) mass is 474 g/mol. The van der Waals surface area contributed by atoms with Crippen LogP contribution in [0.25, 0.3) is 11.4 Å². The molecule has 2 aromatic rings. The van der Waals surface area contributed by atoms with Crippen LogP contribution in [0.5, 0.6) is 5.75 Å². The van der Waals surface area contributed by atoms with E-state index < -0.39 is 12.3 Å². The molecule has 0 fully saturated rings. The Kier molecular flexibility index (Phi) is 14.4. The Bertz CT molecular complexity index is 752. The zero-order valence-corrected chi connectivity index (χ0v) is 21.3. The van der Waals surface area contributed by atoms with Crippen LogP contribution in [0.2, 0.25) is 0 Å². The van der Waals surface area contributed by atoms with Crippen molar-refractivity contribution in [3.05, 3.63) is 42.2 Å². The number of ether oxygens (including phenoxy) is 1. The van der Waals surface area contributed by atoms with Crippen LogP contribution in [0.1, 0.15) is 103 Å². The number of alkyl halides is 2. The molecule has 0 aliphatic heterocycles. The predicted molar refractivity (Wildman–Crippen MR) is 138 cm³/mol. The SMILES string of the molecule is CCCCCCCCCc1ccc(-c2ncc(OCCC(F)CCC(F)CCCC)cn2)cc1. The second kappa shape index (κ2) is 17.4. The highest BCUT2D eigenvalue weighted by atomic mass is 19.1. The largest absolute Gasteiger partial charge is 0.490 e. The van der Waals surface area contributed by atoms with E-state index in [4.69, 9.17) is 4.74 Å². The first-order chi connectivity index (χ1) is 16.6. The fraction of sp³-hybridized carbons (Fsp3) is 0.655. The minimum atomic E-state index is -1.04. The van der Waals surface area contributed by atoms with Gasteiger partial charge in [-0.3, -0.25) is 0 Å². The van der Waals surface area contributed by atoms with Crippen LogP contribution in [-0.4, -0.2) is 28.9 Å². The molecule has 0 amide bonds. The van der Waals surface area contributed by atoms with Gasteiger partial charge in [0, 0.05) is 12.0 Å². The summed E-state index contributed by atoms with van der Waals surface area (Å²) in [7, 11) is 0. The van der Waals surface area contributed by atoms with Crippen molar-refractivity contribution >= 4 is 0 Å². The number of halogens is 2. The zero-order chi connectivity index (χ0) is 24.4. The second-order valence-corrected chi connectivity index (χ2v) is 9.36. The number of hydrogen-bond acceptors (Lipinski definition) is 3. The summed E-state index contributed by atoms with van der Waals surface area (Å²) in [5, 5.41) is 0. The number of nitrogens with zero attached hydrogens (tertiary/aromatic N) is 2. The van der Waals surface area contributed by atoms with E-state index in [9.17, 15) is 8.78 Å². The summed E-state index contributed by atoms with van der Waals surface area (Å²) < 4.78 is 33.2. The summed E-state index contributed by atoms with van der Waals surface area (Å²) in [5.41, 5.74) is 2.32. The lowest BCUT2D eigenvalue weighted by Crippen LogP contribution is -2.11. The molecule has 1 aromatic heterocycles. The summed E-state index contributed by atoms with van der Waals surface area (Å²) >= 11 is 0. The first kappa shape index (κ1) is 28.2. The molecule has 0 aliphatic rings. The number of unbranched alkanes of at least 4 members (excludes halogenated alkanes) is 7. The lowest BCUT2D eigenvalue weighted by molar-refractivity contribution is 0.199. The average Bonchev–Trinajstić information content (AvgIpc) is 2.86. The lowest BCUT2D eigenvalue weighted by Gasteiger charge is -2.12. The average molecular weight is 475 g/mol. The molecule has 0 radical (unpaired) electrons. The van der Waals surface area contributed by atoms with Gasteiger partial charge in [-0.1, -0.05) is 89.5 Å². The van der Waals surface area contributed by atoms with Crippen molar-refractivity contribution in [2.24, 2.45) is 0 Å².